The number of rotatable bonds is 8. The normalized spacial score (nSPS) is 16.7. The van der Waals surface area contributed by atoms with E-state index in [-0.39, 0.29) is 27.2 Å². The molecule has 40 heavy (non-hydrogen) atoms. The van der Waals surface area contributed by atoms with Crippen molar-refractivity contribution in [2.45, 2.75) is 91.1 Å². The first-order chi connectivity index (χ1) is 18.6. The Kier molecular flexibility index (Phi) is 11.4. The van der Waals surface area contributed by atoms with Gasteiger partial charge in [0, 0.05) is 29.9 Å². The Morgan fingerprint density at radius 1 is 1.23 bits per heavy atom. The molecule has 2 aromatic rings. The van der Waals surface area contributed by atoms with Crippen LogP contribution in [-0.4, -0.2) is 68.7 Å². The van der Waals surface area contributed by atoms with Crippen LogP contribution in [0.3, 0.4) is 0 Å². The zero-order valence-electron chi connectivity index (χ0n) is 23.3. The first kappa shape index (κ1) is 33.3. The molecule has 14 heteroatoms. The number of nitrogens with zero attached hydrogens (tertiary/aromatic N) is 3. The molecule has 0 bridgehead atoms. The van der Waals surface area contributed by atoms with E-state index in [1.165, 1.54) is 13.8 Å². The van der Waals surface area contributed by atoms with Crippen molar-refractivity contribution in [3.05, 3.63) is 28.5 Å². The van der Waals surface area contributed by atoms with Gasteiger partial charge in [-0.05, 0) is 53.0 Å². The van der Waals surface area contributed by atoms with E-state index >= 15 is 0 Å². The monoisotopic (exact) mass is 593 g/mol. The number of anilines is 1. The minimum Gasteiger partial charge on any atom is -0.388 e. The lowest BCUT2D eigenvalue weighted by Crippen LogP contribution is -2.47. The van der Waals surface area contributed by atoms with E-state index in [1.807, 2.05) is 26.1 Å². The highest BCUT2D eigenvalue weighted by atomic mass is 32.1. The lowest BCUT2D eigenvalue weighted by atomic mass is 10.0. The average Bonchev–Trinajstić information content (AvgIpc) is 3.33. The highest BCUT2D eigenvalue weighted by molar-refractivity contribution is 7.17. The summed E-state index contributed by atoms with van der Waals surface area (Å²) >= 11 is 0.696. The highest BCUT2D eigenvalue weighted by Gasteiger charge is 2.33. The van der Waals surface area contributed by atoms with E-state index in [9.17, 15) is 36.6 Å². The molecule has 8 nitrogen and oxygen atoms in total. The Bertz CT molecular complexity index is 1170. The Hall–Kier alpha value is -2.87. The zero-order valence-corrected chi connectivity index (χ0v) is 24.1. The minimum absolute atomic E-state index is 0.0426. The van der Waals surface area contributed by atoms with E-state index in [4.69, 9.17) is 0 Å². The fourth-order valence-electron chi connectivity index (χ4n) is 3.84. The maximum atomic E-state index is 14.1. The molecule has 2 unspecified atom stereocenters. The van der Waals surface area contributed by atoms with Crippen LogP contribution in [0.2, 0.25) is 0 Å². The van der Waals surface area contributed by atoms with Gasteiger partial charge >= 0.3 is 6.18 Å². The molecular formula is C26H36F5N5O3S. The van der Waals surface area contributed by atoms with Gasteiger partial charge in [-0.15, -0.1) is 11.3 Å². The number of carbonyl (C=O) groups is 2. The second-order valence-corrected chi connectivity index (χ2v) is 10.8. The van der Waals surface area contributed by atoms with Crippen molar-refractivity contribution in [1.82, 2.24) is 20.2 Å². The molecule has 224 valence electrons. The summed E-state index contributed by atoms with van der Waals surface area (Å²) in [6.45, 7) is 9.37. The number of hydrogen-bond donors (Lipinski definition) is 3. The number of aromatic nitrogens is 2. The Labute approximate surface area is 234 Å². The van der Waals surface area contributed by atoms with Crippen molar-refractivity contribution in [2.75, 3.05) is 18.4 Å². The summed E-state index contributed by atoms with van der Waals surface area (Å²) in [7, 11) is 0. The van der Waals surface area contributed by atoms with Crippen LogP contribution in [0.1, 0.15) is 93.1 Å². The smallest absolute Gasteiger partial charge is 0.388 e. The number of hydrogen-bond acceptors (Lipinski definition) is 7. The van der Waals surface area contributed by atoms with Crippen molar-refractivity contribution >= 4 is 29.0 Å². The van der Waals surface area contributed by atoms with Gasteiger partial charge < -0.3 is 20.6 Å². The number of piperidine rings is 1. The van der Waals surface area contributed by atoms with Crippen LogP contribution in [0.4, 0.5) is 27.8 Å². The number of carbonyl (C=O) groups excluding carboxylic acids is 2. The predicted octanol–water partition coefficient (Wildman–Crippen LogP) is 6.05. The maximum absolute atomic E-state index is 14.1. The fourth-order valence-corrected chi connectivity index (χ4v) is 4.84. The number of halogens is 5. The van der Waals surface area contributed by atoms with Gasteiger partial charge in [0.2, 0.25) is 0 Å². The summed E-state index contributed by atoms with van der Waals surface area (Å²) in [5.41, 5.74) is -2.36. The predicted molar refractivity (Wildman–Crippen MR) is 144 cm³/mol. The molecule has 3 N–H and O–H groups in total. The molecule has 2 aromatic heterocycles. The molecule has 0 aromatic carbocycles. The topological polar surface area (TPSA) is 107 Å². The third-order valence-corrected chi connectivity index (χ3v) is 7.47. The van der Waals surface area contributed by atoms with Crippen molar-refractivity contribution in [3.63, 3.8) is 0 Å². The molecule has 1 aliphatic heterocycles. The third-order valence-electron chi connectivity index (χ3n) is 6.38. The van der Waals surface area contributed by atoms with Crippen LogP contribution in [0.25, 0.3) is 10.4 Å². The lowest BCUT2D eigenvalue weighted by Gasteiger charge is -2.33. The maximum Gasteiger partial charge on any atom is 0.405 e. The molecule has 1 fully saturated rings. The number of likely N-dealkylation sites (tertiary alicyclic amines) is 1. The van der Waals surface area contributed by atoms with Gasteiger partial charge in [-0.2, -0.15) is 13.2 Å². The Morgan fingerprint density at radius 2 is 1.88 bits per heavy atom. The number of pyridine rings is 1. The van der Waals surface area contributed by atoms with Crippen LogP contribution in [-0.2, 0) is 0 Å². The lowest BCUT2D eigenvalue weighted by molar-refractivity contribution is -0.115. The number of aliphatic hydroxyl groups is 1. The quantitative estimate of drug-likeness (QED) is 0.322. The van der Waals surface area contributed by atoms with Gasteiger partial charge in [-0.1, -0.05) is 13.8 Å². The van der Waals surface area contributed by atoms with Crippen LogP contribution in [0, 0.1) is 0 Å². The Morgan fingerprint density at radius 3 is 2.42 bits per heavy atom. The third kappa shape index (κ3) is 8.56. The zero-order chi connectivity index (χ0) is 30.4. The van der Waals surface area contributed by atoms with Crippen LogP contribution in [0.15, 0.2) is 12.3 Å². The van der Waals surface area contributed by atoms with Crippen molar-refractivity contribution < 1.29 is 36.6 Å². The number of thiazole rings is 1. The molecule has 0 saturated carbocycles. The fraction of sp³-hybridized carbons (Fsp3) is 0.615. The van der Waals surface area contributed by atoms with E-state index in [0.717, 1.165) is 31.5 Å². The van der Waals surface area contributed by atoms with Crippen molar-refractivity contribution in [1.29, 1.82) is 0 Å². The van der Waals surface area contributed by atoms with E-state index < -0.39 is 54.0 Å². The van der Waals surface area contributed by atoms with Gasteiger partial charge in [0.1, 0.15) is 18.1 Å². The van der Waals surface area contributed by atoms with Crippen molar-refractivity contribution in [3.8, 4) is 10.4 Å². The molecule has 0 radical (unpaired) electrons. The molecule has 1 aliphatic rings. The van der Waals surface area contributed by atoms with Crippen LogP contribution < -0.4 is 10.6 Å². The molecule has 0 spiro atoms. The summed E-state index contributed by atoms with van der Waals surface area (Å²) in [6.07, 6.45) is -4.35. The summed E-state index contributed by atoms with van der Waals surface area (Å²) in [5.74, 6) is -1.68. The minimum atomic E-state index is -4.59. The average molecular weight is 594 g/mol. The number of amides is 2. The van der Waals surface area contributed by atoms with Crippen molar-refractivity contribution in [2.24, 2.45) is 0 Å². The molecule has 3 heterocycles. The van der Waals surface area contributed by atoms with Gasteiger partial charge in [0.15, 0.2) is 5.01 Å². The first-order valence-electron chi connectivity index (χ1n) is 13.0. The van der Waals surface area contributed by atoms with Crippen LogP contribution in [0.5, 0.6) is 0 Å². The molecular weight excluding hydrogens is 557 g/mol. The summed E-state index contributed by atoms with van der Waals surface area (Å²) in [5, 5.41) is 14.5. The molecule has 2 amide bonds. The molecule has 1 saturated heterocycles. The molecule has 0 aliphatic carbocycles. The van der Waals surface area contributed by atoms with E-state index in [2.05, 4.69) is 15.3 Å². The molecule has 2 atom stereocenters. The first-order valence-corrected chi connectivity index (χ1v) is 13.8. The summed E-state index contributed by atoms with van der Waals surface area (Å²) in [4.78, 5) is 36.1. The second kappa shape index (κ2) is 13.7. The van der Waals surface area contributed by atoms with Crippen LogP contribution >= 0.6 is 11.3 Å². The standard InChI is InChI=1S/C24H30F5N5O3S.C2H6/c1-12-7-5-6-8-34(12)22(36)17-18(38-21(33-17)20(35)32-13(2)23(3,4)37)15-10-30-16(9-14(15)19(25)26)31-11-24(27,28)29;1-2/h9-10,12-13,19,37H,5-8,11H2,1-4H3,(H,30,31)(H,32,35);1-2H3. The summed E-state index contributed by atoms with van der Waals surface area (Å²) < 4.78 is 66.0. The largest absolute Gasteiger partial charge is 0.405 e. The van der Waals surface area contributed by atoms with E-state index in [1.54, 1.807) is 11.8 Å². The number of nitrogens with one attached hydrogen (secondary N) is 2. The Balaban J connectivity index is 0.00000274. The van der Waals surface area contributed by atoms with Gasteiger partial charge in [0.25, 0.3) is 18.2 Å². The van der Waals surface area contributed by atoms with Gasteiger partial charge in [0.05, 0.1) is 16.5 Å². The summed E-state index contributed by atoms with van der Waals surface area (Å²) in [6, 6.07) is -0.0555. The van der Waals surface area contributed by atoms with Gasteiger partial charge in [-0.3, -0.25) is 9.59 Å². The number of alkyl halides is 5. The highest BCUT2D eigenvalue weighted by Crippen LogP contribution is 2.39. The SMILES string of the molecule is CC.CC1CCCCN1C(=O)c1nc(C(=O)NC(C)C(C)(C)O)sc1-c1cnc(NCC(F)(F)F)cc1C(F)F. The molecule has 3 rings (SSSR count). The van der Waals surface area contributed by atoms with E-state index in [0.29, 0.717) is 17.9 Å². The van der Waals surface area contributed by atoms with Gasteiger partial charge in [-0.25, -0.2) is 18.7 Å². The second-order valence-electron chi connectivity index (χ2n) is 9.82.